The summed E-state index contributed by atoms with van der Waals surface area (Å²) in [4.78, 5) is 18.4. The SMILES string of the molecule is Cc1ccc(-c2nc(CCN(C)C)sc2C(=O)O)cc1C. The maximum absolute atomic E-state index is 11.5. The maximum atomic E-state index is 11.5. The molecule has 0 spiro atoms. The summed E-state index contributed by atoms with van der Waals surface area (Å²) in [5.74, 6) is -0.906. The Morgan fingerprint density at radius 2 is 2.00 bits per heavy atom. The molecule has 1 aromatic heterocycles. The average Bonchev–Trinajstić information content (AvgIpc) is 2.84. The van der Waals surface area contributed by atoms with Crippen molar-refractivity contribution in [1.82, 2.24) is 9.88 Å². The lowest BCUT2D eigenvalue weighted by Gasteiger charge is -2.06. The Kier molecular flexibility index (Phi) is 4.75. The Labute approximate surface area is 129 Å². The zero-order valence-corrected chi connectivity index (χ0v) is 13.6. The van der Waals surface area contributed by atoms with Gasteiger partial charge >= 0.3 is 5.97 Å². The topological polar surface area (TPSA) is 53.4 Å². The van der Waals surface area contributed by atoms with Crippen LogP contribution in [0.1, 0.15) is 25.8 Å². The summed E-state index contributed by atoms with van der Waals surface area (Å²) in [6.45, 7) is 4.93. The minimum atomic E-state index is -0.906. The second-order valence-electron chi connectivity index (χ2n) is 5.44. The minimum absolute atomic E-state index is 0.326. The van der Waals surface area contributed by atoms with Crippen molar-refractivity contribution in [2.45, 2.75) is 20.3 Å². The van der Waals surface area contributed by atoms with Gasteiger partial charge in [0.15, 0.2) is 0 Å². The number of carbonyl (C=O) groups is 1. The van der Waals surface area contributed by atoms with Crippen LogP contribution >= 0.6 is 11.3 Å². The molecule has 0 aliphatic rings. The van der Waals surface area contributed by atoms with Gasteiger partial charge in [-0.1, -0.05) is 12.1 Å². The van der Waals surface area contributed by atoms with E-state index < -0.39 is 5.97 Å². The number of carboxylic acids is 1. The Hall–Kier alpha value is -1.72. The van der Waals surface area contributed by atoms with Crippen molar-refractivity contribution in [3.8, 4) is 11.3 Å². The van der Waals surface area contributed by atoms with Gasteiger partial charge in [-0.15, -0.1) is 11.3 Å². The zero-order chi connectivity index (χ0) is 15.6. The van der Waals surface area contributed by atoms with Crippen molar-refractivity contribution in [1.29, 1.82) is 0 Å². The van der Waals surface area contributed by atoms with Crippen LogP contribution in [0, 0.1) is 13.8 Å². The molecule has 2 rings (SSSR count). The van der Waals surface area contributed by atoms with Crippen LogP contribution < -0.4 is 0 Å². The fourth-order valence-corrected chi connectivity index (χ4v) is 2.93. The summed E-state index contributed by atoms with van der Waals surface area (Å²) in [5, 5.41) is 10.3. The van der Waals surface area contributed by atoms with E-state index in [0.717, 1.165) is 29.1 Å². The molecule has 0 fully saturated rings. The molecule has 0 aliphatic heterocycles. The summed E-state index contributed by atoms with van der Waals surface area (Å²) in [6, 6.07) is 5.96. The van der Waals surface area contributed by atoms with E-state index in [0.29, 0.717) is 10.6 Å². The van der Waals surface area contributed by atoms with E-state index in [9.17, 15) is 9.90 Å². The number of nitrogens with zero attached hydrogens (tertiary/aromatic N) is 2. The standard InChI is InChI=1S/C16H20N2O2S/c1-10-5-6-12(9-11(10)2)14-15(16(19)20)21-13(17-14)7-8-18(3)4/h5-6,9H,7-8H2,1-4H3,(H,19,20). The first-order chi connectivity index (χ1) is 9.88. The number of rotatable bonds is 5. The molecular weight excluding hydrogens is 284 g/mol. The smallest absolute Gasteiger partial charge is 0.348 e. The summed E-state index contributed by atoms with van der Waals surface area (Å²) in [5.41, 5.74) is 3.80. The van der Waals surface area contributed by atoms with Crippen LogP contribution in [0.15, 0.2) is 18.2 Å². The summed E-state index contributed by atoms with van der Waals surface area (Å²) >= 11 is 1.28. The number of carboxylic acid groups (broad SMARTS) is 1. The van der Waals surface area contributed by atoms with Gasteiger partial charge in [0.05, 0.1) is 10.7 Å². The fourth-order valence-electron chi connectivity index (χ4n) is 2.02. The van der Waals surface area contributed by atoms with Crippen LogP contribution in [-0.4, -0.2) is 41.6 Å². The van der Waals surface area contributed by atoms with Crippen molar-refractivity contribution in [2.75, 3.05) is 20.6 Å². The molecule has 0 radical (unpaired) electrons. The molecular formula is C16H20N2O2S. The third-order valence-electron chi connectivity index (χ3n) is 3.42. The third-order valence-corrected chi connectivity index (χ3v) is 4.52. The molecule has 0 aliphatic carbocycles. The van der Waals surface area contributed by atoms with Gasteiger partial charge in [-0.25, -0.2) is 9.78 Å². The van der Waals surface area contributed by atoms with Gasteiger partial charge in [-0.05, 0) is 45.1 Å². The minimum Gasteiger partial charge on any atom is -0.477 e. The molecule has 4 nitrogen and oxygen atoms in total. The van der Waals surface area contributed by atoms with E-state index in [1.807, 2.05) is 46.1 Å². The monoisotopic (exact) mass is 304 g/mol. The fraction of sp³-hybridized carbons (Fsp3) is 0.375. The molecule has 0 saturated carbocycles. The lowest BCUT2D eigenvalue weighted by atomic mass is 10.0. The summed E-state index contributed by atoms with van der Waals surface area (Å²) in [6.07, 6.45) is 0.767. The van der Waals surface area contributed by atoms with E-state index in [1.165, 1.54) is 16.9 Å². The summed E-state index contributed by atoms with van der Waals surface area (Å²) < 4.78 is 0. The van der Waals surface area contributed by atoms with Crippen LogP contribution in [0.5, 0.6) is 0 Å². The predicted octanol–water partition coefficient (Wildman–Crippen LogP) is 3.23. The van der Waals surface area contributed by atoms with E-state index >= 15 is 0 Å². The molecule has 0 bridgehead atoms. The lowest BCUT2D eigenvalue weighted by Crippen LogP contribution is -2.14. The Balaban J connectivity index is 2.41. The molecule has 2 aromatic rings. The molecule has 21 heavy (non-hydrogen) atoms. The molecule has 0 atom stereocenters. The van der Waals surface area contributed by atoms with Gasteiger partial charge in [0.2, 0.25) is 0 Å². The first-order valence-electron chi connectivity index (χ1n) is 6.84. The maximum Gasteiger partial charge on any atom is 0.348 e. The van der Waals surface area contributed by atoms with Gasteiger partial charge in [0.1, 0.15) is 4.88 Å². The number of hydrogen-bond donors (Lipinski definition) is 1. The number of aryl methyl sites for hydroxylation is 2. The van der Waals surface area contributed by atoms with Crippen molar-refractivity contribution < 1.29 is 9.90 Å². The van der Waals surface area contributed by atoms with Gasteiger partial charge in [0, 0.05) is 18.5 Å². The molecule has 1 aromatic carbocycles. The molecule has 112 valence electrons. The molecule has 0 saturated heterocycles. The van der Waals surface area contributed by atoms with Gasteiger partial charge in [0.25, 0.3) is 0 Å². The van der Waals surface area contributed by atoms with Crippen LogP contribution in [0.3, 0.4) is 0 Å². The van der Waals surface area contributed by atoms with Crippen LogP contribution in [0.25, 0.3) is 11.3 Å². The highest BCUT2D eigenvalue weighted by molar-refractivity contribution is 7.14. The number of likely N-dealkylation sites (N-methyl/N-ethyl adjacent to an activating group) is 1. The van der Waals surface area contributed by atoms with E-state index in [-0.39, 0.29) is 0 Å². The van der Waals surface area contributed by atoms with Gasteiger partial charge in [-0.2, -0.15) is 0 Å². The first-order valence-corrected chi connectivity index (χ1v) is 7.65. The average molecular weight is 304 g/mol. The zero-order valence-electron chi connectivity index (χ0n) is 12.8. The first kappa shape index (κ1) is 15.7. The highest BCUT2D eigenvalue weighted by Crippen LogP contribution is 2.30. The molecule has 5 heteroatoms. The highest BCUT2D eigenvalue weighted by Gasteiger charge is 2.19. The van der Waals surface area contributed by atoms with Crippen molar-refractivity contribution in [2.24, 2.45) is 0 Å². The largest absolute Gasteiger partial charge is 0.477 e. The lowest BCUT2D eigenvalue weighted by molar-refractivity contribution is 0.0702. The predicted molar refractivity (Wildman–Crippen MR) is 86.2 cm³/mol. The van der Waals surface area contributed by atoms with Gasteiger partial charge in [-0.3, -0.25) is 0 Å². The second kappa shape index (κ2) is 6.37. The molecule has 1 N–H and O–H groups in total. The summed E-state index contributed by atoms with van der Waals surface area (Å²) in [7, 11) is 3.99. The van der Waals surface area contributed by atoms with Crippen LogP contribution in [-0.2, 0) is 6.42 Å². The molecule has 0 amide bonds. The Morgan fingerprint density at radius 3 is 2.57 bits per heavy atom. The molecule has 0 unspecified atom stereocenters. The number of hydrogen-bond acceptors (Lipinski definition) is 4. The van der Waals surface area contributed by atoms with Crippen LogP contribution in [0.4, 0.5) is 0 Å². The van der Waals surface area contributed by atoms with Crippen molar-refractivity contribution in [3.63, 3.8) is 0 Å². The second-order valence-corrected chi connectivity index (χ2v) is 6.53. The third kappa shape index (κ3) is 3.68. The number of aromatic nitrogens is 1. The Morgan fingerprint density at radius 1 is 1.29 bits per heavy atom. The van der Waals surface area contributed by atoms with Crippen molar-refractivity contribution in [3.05, 3.63) is 39.2 Å². The highest BCUT2D eigenvalue weighted by atomic mass is 32.1. The number of thiazole rings is 1. The molecule has 1 heterocycles. The quantitative estimate of drug-likeness (QED) is 0.921. The number of aromatic carboxylic acids is 1. The van der Waals surface area contributed by atoms with E-state index in [4.69, 9.17) is 0 Å². The number of benzene rings is 1. The van der Waals surface area contributed by atoms with Crippen LogP contribution in [0.2, 0.25) is 0 Å². The Bertz CT molecular complexity index is 662. The van der Waals surface area contributed by atoms with Crippen molar-refractivity contribution >= 4 is 17.3 Å². The van der Waals surface area contributed by atoms with E-state index in [1.54, 1.807) is 0 Å². The van der Waals surface area contributed by atoms with E-state index in [2.05, 4.69) is 9.88 Å². The normalized spacial score (nSPS) is 11.1. The van der Waals surface area contributed by atoms with Gasteiger partial charge < -0.3 is 10.0 Å².